The van der Waals surface area contributed by atoms with E-state index in [0.29, 0.717) is 5.88 Å². The molecule has 0 atom stereocenters. The lowest BCUT2D eigenvalue weighted by Gasteiger charge is -2.31. The summed E-state index contributed by atoms with van der Waals surface area (Å²) in [6, 6.07) is 8.44. The first-order chi connectivity index (χ1) is 10.3. The Morgan fingerprint density at radius 1 is 1.24 bits per heavy atom. The summed E-state index contributed by atoms with van der Waals surface area (Å²) in [6.07, 6.45) is 3.44. The van der Waals surface area contributed by atoms with Gasteiger partial charge in [0.25, 0.3) is 0 Å². The molecule has 2 heterocycles. The summed E-state index contributed by atoms with van der Waals surface area (Å²) in [5, 5.41) is 0. The van der Waals surface area contributed by atoms with Crippen molar-refractivity contribution < 1.29 is 0 Å². The number of aryl methyl sites for hydroxylation is 1. The van der Waals surface area contributed by atoms with Gasteiger partial charge in [-0.15, -0.1) is 11.6 Å². The van der Waals surface area contributed by atoms with Gasteiger partial charge in [0.05, 0.1) is 11.0 Å². The number of halogens is 1. The fourth-order valence-electron chi connectivity index (χ4n) is 3.35. The number of imidazole rings is 1. The highest BCUT2D eigenvalue weighted by Gasteiger charge is 2.20. The quantitative estimate of drug-likeness (QED) is 0.788. The molecule has 3 nitrogen and oxygen atoms in total. The molecule has 3 rings (SSSR count). The van der Waals surface area contributed by atoms with Crippen molar-refractivity contribution in [3.63, 3.8) is 0 Å². The van der Waals surface area contributed by atoms with Crippen molar-refractivity contribution in [1.82, 2.24) is 14.5 Å². The highest BCUT2D eigenvalue weighted by atomic mass is 35.5. The van der Waals surface area contributed by atoms with Crippen LogP contribution in [0.15, 0.2) is 24.3 Å². The number of nitrogens with zero attached hydrogens (tertiary/aromatic N) is 3. The van der Waals surface area contributed by atoms with E-state index in [2.05, 4.69) is 40.7 Å². The molecular formula is C17H24ClN3. The van der Waals surface area contributed by atoms with Crippen LogP contribution in [-0.4, -0.2) is 40.0 Å². The minimum Gasteiger partial charge on any atom is -0.328 e. The topological polar surface area (TPSA) is 21.1 Å². The van der Waals surface area contributed by atoms with Crippen molar-refractivity contribution in [2.75, 3.05) is 25.5 Å². The van der Waals surface area contributed by atoms with Gasteiger partial charge in [-0.25, -0.2) is 4.98 Å². The monoisotopic (exact) mass is 305 g/mol. The van der Waals surface area contributed by atoms with Gasteiger partial charge in [0, 0.05) is 18.8 Å². The van der Waals surface area contributed by atoms with E-state index in [1.165, 1.54) is 38.0 Å². The second-order valence-corrected chi connectivity index (χ2v) is 6.32. The minimum atomic E-state index is 0.637. The second kappa shape index (κ2) is 6.80. The predicted octanol–water partition coefficient (Wildman–Crippen LogP) is 3.55. The molecule has 114 valence electrons. The summed E-state index contributed by atoms with van der Waals surface area (Å²) in [7, 11) is 0. The van der Waals surface area contributed by atoms with Crippen molar-refractivity contribution in [1.29, 1.82) is 0 Å². The van der Waals surface area contributed by atoms with Crippen molar-refractivity contribution in [2.24, 2.45) is 5.92 Å². The lowest BCUT2D eigenvalue weighted by atomic mass is 9.96. The third-order valence-electron chi connectivity index (χ3n) is 4.65. The SMILES string of the molecule is CCN1CCC(Cn2c(CCCl)nc3ccccc32)CC1. The average Bonchev–Trinajstić information content (AvgIpc) is 2.86. The molecule has 1 aliphatic heterocycles. The van der Waals surface area contributed by atoms with Crippen LogP contribution < -0.4 is 0 Å². The molecule has 0 bridgehead atoms. The Kier molecular flexibility index (Phi) is 4.81. The van der Waals surface area contributed by atoms with Gasteiger partial charge >= 0.3 is 0 Å². The number of para-hydroxylation sites is 2. The van der Waals surface area contributed by atoms with Crippen LogP contribution in [0.5, 0.6) is 0 Å². The van der Waals surface area contributed by atoms with Crippen LogP contribution in [0.4, 0.5) is 0 Å². The van der Waals surface area contributed by atoms with Crippen LogP contribution >= 0.6 is 11.6 Å². The van der Waals surface area contributed by atoms with Gasteiger partial charge in [-0.1, -0.05) is 19.1 Å². The summed E-state index contributed by atoms with van der Waals surface area (Å²) in [5.74, 6) is 2.54. The van der Waals surface area contributed by atoms with E-state index in [4.69, 9.17) is 16.6 Å². The first kappa shape index (κ1) is 14.9. The number of rotatable bonds is 5. The molecule has 0 aliphatic carbocycles. The smallest absolute Gasteiger partial charge is 0.111 e. The molecule has 1 saturated heterocycles. The average molecular weight is 306 g/mol. The first-order valence-corrected chi connectivity index (χ1v) is 8.57. The summed E-state index contributed by atoms with van der Waals surface area (Å²) in [5.41, 5.74) is 2.36. The molecule has 0 unspecified atom stereocenters. The van der Waals surface area contributed by atoms with Crippen LogP contribution in [-0.2, 0) is 13.0 Å². The molecule has 2 aromatic rings. The molecule has 1 aromatic heterocycles. The zero-order valence-electron chi connectivity index (χ0n) is 12.8. The lowest BCUT2D eigenvalue weighted by Crippen LogP contribution is -2.34. The highest BCUT2D eigenvalue weighted by molar-refractivity contribution is 6.17. The Hall–Kier alpha value is -1.06. The molecule has 1 aliphatic rings. The van der Waals surface area contributed by atoms with Gasteiger partial charge in [0.15, 0.2) is 0 Å². The maximum atomic E-state index is 5.96. The molecule has 1 aromatic carbocycles. The highest BCUT2D eigenvalue weighted by Crippen LogP contribution is 2.23. The largest absolute Gasteiger partial charge is 0.328 e. The summed E-state index contributed by atoms with van der Waals surface area (Å²) in [6.45, 7) is 6.99. The number of benzene rings is 1. The van der Waals surface area contributed by atoms with E-state index in [1.807, 2.05) is 0 Å². The number of aromatic nitrogens is 2. The van der Waals surface area contributed by atoms with E-state index in [0.717, 1.165) is 30.2 Å². The van der Waals surface area contributed by atoms with E-state index in [-0.39, 0.29) is 0 Å². The zero-order chi connectivity index (χ0) is 14.7. The number of alkyl halides is 1. The van der Waals surface area contributed by atoms with Gasteiger partial charge < -0.3 is 9.47 Å². The van der Waals surface area contributed by atoms with Gasteiger partial charge in [0.2, 0.25) is 0 Å². The van der Waals surface area contributed by atoms with Crippen molar-refractivity contribution in [3.8, 4) is 0 Å². The Morgan fingerprint density at radius 3 is 2.71 bits per heavy atom. The van der Waals surface area contributed by atoms with Crippen molar-refractivity contribution in [2.45, 2.75) is 32.7 Å². The van der Waals surface area contributed by atoms with Gasteiger partial charge in [-0.05, 0) is 50.5 Å². The Balaban J connectivity index is 1.80. The molecule has 4 heteroatoms. The molecule has 0 radical (unpaired) electrons. The molecule has 0 N–H and O–H groups in total. The van der Waals surface area contributed by atoms with Crippen molar-refractivity contribution >= 4 is 22.6 Å². The van der Waals surface area contributed by atoms with Crippen LogP contribution in [0, 0.1) is 5.92 Å². The summed E-state index contributed by atoms with van der Waals surface area (Å²) in [4.78, 5) is 7.31. The molecular weight excluding hydrogens is 282 g/mol. The van der Waals surface area contributed by atoms with Crippen LogP contribution in [0.1, 0.15) is 25.6 Å². The van der Waals surface area contributed by atoms with E-state index < -0.39 is 0 Å². The standard InChI is InChI=1S/C17H24ClN3/c1-2-20-11-8-14(9-12-20)13-21-16-6-4-3-5-15(16)19-17(21)7-10-18/h3-6,14H,2,7-13H2,1H3. The molecule has 1 fully saturated rings. The van der Waals surface area contributed by atoms with Crippen LogP contribution in [0.25, 0.3) is 11.0 Å². The maximum Gasteiger partial charge on any atom is 0.111 e. The van der Waals surface area contributed by atoms with Crippen LogP contribution in [0.3, 0.4) is 0 Å². The number of fused-ring (bicyclic) bond motifs is 1. The summed E-state index contributed by atoms with van der Waals surface area (Å²) < 4.78 is 2.41. The van der Waals surface area contributed by atoms with Gasteiger partial charge in [-0.3, -0.25) is 0 Å². The molecule has 0 amide bonds. The minimum absolute atomic E-state index is 0.637. The van der Waals surface area contributed by atoms with Crippen LogP contribution in [0.2, 0.25) is 0 Å². The van der Waals surface area contributed by atoms with Crippen molar-refractivity contribution in [3.05, 3.63) is 30.1 Å². The second-order valence-electron chi connectivity index (χ2n) is 5.94. The summed E-state index contributed by atoms with van der Waals surface area (Å²) >= 11 is 5.96. The third-order valence-corrected chi connectivity index (χ3v) is 4.84. The normalized spacial score (nSPS) is 17.6. The Bertz CT molecular complexity index is 585. The van der Waals surface area contributed by atoms with E-state index in [1.54, 1.807) is 0 Å². The molecule has 21 heavy (non-hydrogen) atoms. The molecule has 0 saturated carbocycles. The van der Waals surface area contributed by atoms with Gasteiger partial charge in [0.1, 0.15) is 5.82 Å². The zero-order valence-corrected chi connectivity index (χ0v) is 13.5. The number of hydrogen-bond acceptors (Lipinski definition) is 2. The number of piperidine rings is 1. The number of likely N-dealkylation sites (tertiary alicyclic amines) is 1. The van der Waals surface area contributed by atoms with Gasteiger partial charge in [-0.2, -0.15) is 0 Å². The van der Waals surface area contributed by atoms with E-state index in [9.17, 15) is 0 Å². The van der Waals surface area contributed by atoms with E-state index >= 15 is 0 Å². The number of hydrogen-bond donors (Lipinski definition) is 0. The molecule has 0 spiro atoms. The third kappa shape index (κ3) is 3.24. The maximum absolute atomic E-state index is 5.96. The Labute approximate surface area is 131 Å². The first-order valence-electron chi connectivity index (χ1n) is 8.04. The lowest BCUT2D eigenvalue weighted by molar-refractivity contribution is 0.181. The fourth-order valence-corrected chi connectivity index (χ4v) is 3.52. The Morgan fingerprint density at radius 2 is 2.00 bits per heavy atom. The predicted molar refractivity (Wildman–Crippen MR) is 89.0 cm³/mol. The fraction of sp³-hybridized carbons (Fsp3) is 0.588.